The van der Waals surface area contributed by atoms with E-state index in [-0.39, 0.29) is 12.1 Å². The van der Waals surface area contributed by atoms with Gasteiger partial charge in [-0.3, -0.25) is 0 Å². The number of benzene rings is 1. The maximum atomic E-state index is 11.7. The molecule has 1 aromatic rings. The minimum Gasteiger partial charge on any atom is -0.352 e. The number of nitrogens with zero attached hydrogens (tertiary/aromatic N) is 1. The molecule has 1 unspecified atom stereocenters. The van der Waals surface area contributed by atoms with Crippen molar-refractivity contribution < 1.29 is 8.76 Å². The van der Waals surface area contributed by atoms with Crippen molar-refractivity contribution in [2.75, 3.05) is 16.4 Å². The molecule has 0 aromatic heterocycles. The lowest BCUT2D eigenvalue weighted by Gasteiger charge is -2.21. The molecule has 1 aromatic carbocycles. The first-order valence-electron chi connectivity index (χ1n) is 5.44. The molecule has 0 radical (unpaired) electrons. The van der Waals surface area contributed by atoms with Crippen molar-refractivity contribution in [1.29, 1.82) is 0 Å². The van der Waals surface area contributed by atoms with Crippen LogP contribution in [0.5, 0.6) is 0 Å². The van der Waals surface area contributed by atoms with Gasteiger partial charge < -0.3 is 10.2 Å². The molecular weight excluding hydrogens is 256 g/mol. The van der Waals surface area contributed by atoms with E-state index in [4.69, 9.17) is 12.2 Å². The number of thiocarbonyl (C=S) groups is 1. The standard InChI is InChI=1S/C11H12N2O2S2/c14-17(15)6-9-10(7-17)13(11(16)12-9)8-4-2-1-3-5-8/h1-5,9-10H,6-7H2,(H-,12,14,15,16)/p+1/t9-,10+/m0/s1. The second-order valence-corrected chi connectivity index (χ2v) is 7.03. The van der Waals surface area contributed by atoms with Crippen molar-refractivity contribution in [3.8, 4) is 0 Å². The fourth-order valence-electron chi connectivity index (χ4n) is 2.51. The topological polar surface area (TPSA) is 52.6 Å². The largest absolute Gasteiger partial charge is 0.352 e. The zero-order chi connectivity index (χ0) is 12.0. The van der Waals surface area contributed by atoms with Crippen LogP contribution in [0.4, 0.5) is 5.69 Å². The molecule has 3 atom stereocenters. The maximum absolute atomic E-state index is 11.7. The SMILES string of the molecule is O=[S+]1(O)C[C@@H]2NC(=S)N(c3ccccc3)[C@@H]2C1. The Hall–Kier alpha value is -0.980. The summed E-state index contributed by atoms with van der Waals surface area (Å²) in [5, 5.41) is 3.79. The highest BCUT2D eigenvalue weighted by atomic mass is 32.3. The van der Waals surface area contributed by atoms with Gasteiger partial charge in [0.1, 0.15) is 12.1 Å². The van der Waals surface area contributed by atoms with Crippen LogP contribution >= 0.6 is 12.2 Å². The first-order valence-corrected chi connectivity index (χ1v) is 7.70. The summed E-state index contributed by atoms with van der Waals surface area (Å²) in [6.07, 6.45) is 0. The normalized spacial score (nSPS) is 35.8. The Morgan fingerprint density at radius 3 is 2.76 bits per heavy atom. The zero-order valence-electron chi connectivity index (χ0n) is 9.07. The highest BCUT2D eigenvalue weighted by Gasteiger charge is 2.54. The number of nitrogens with one attached hydrogen (secondary N) is 1. The van der Waals surface area contributed by atoms with Gasteiger partial charge in [0.2, 0.25) is 10.2 Å². The van der Waals surface area contributed by atoms with Crippen molar-refractivity contribution in [1.82, 2.24) is 5.32 Å². The summed E-state index contributed by atoms with van der Waals surface area (Å²) in [5.41, 5.74) is 0.981. The Bertz CT molecular complexity index is 505. The van der Waals surface area contributed by atoms with Crippen LogP contribution in [0.3, 0.4) is 0 Å². The van der Waals surface area contributed by atoms with E-state index in [1.54, 1.807) is 0 Å². The predicted octanol–water partition coefficient (Wildman–Crippen LogP) is 1.10. The average molecular weight is 269 g/mol. The number of anilines is 1. The lowest BCUT2D eigenvalue weighted by atomic mass is 10.1. The van der Waals surface area contributed by atoms with E-state index in [0.717, 1.165) is 5.69 Å². The monoisotopic (exact) mass is 269 g/mol. The summed E-state index contributed by atoms with van der Waals surface area (Å²) in [4.78, 5) is 1.96. The molecule has 2 aliphatic rings. The lowest BCUT2D eigenvalue weighted by Crippen LogP contribution is -2.37. The van der Waals surface area contributed by atoms with E-state index < -0.39 is 10.2 Å². The summed E-state index contributed by atoms with van der Waals surface area (Å²) in [5.74, 6) is 0.584. The van der Waals surface area contributed by atoms with Crippen LogP contribution in [0.2, 0.25) is 0 Å². The molecule has 17 heavy (non-hydrogen) atoms. The Morgan fingerprint density at radius 2 is 2.06 bits per heavy atom. The Morgan fingerprint density at radius 1 is 1.35 bits per heavy atom. The van der Waals surface area contributed by atoms with Crippen LogP contribution in [0.1, 0.15) is 0 Å². The van der Waals surface area contributed by atoms with Crippen LogP contribution in [0, 0.1) is 0 Å². The van der Waals surface area contributed by atoms with Gasteiger partial charge in [0.15, 0.2) is 16.6 Å². The molecule has 2 aliphatic heterocycles. The Balaban J connectivity index is 1.95. The van der Waals surface area contributed by atoms with Crippen molar-refractivity contribution in [2.24, 2.45) is 0 Å². The third-order valence-electron chi connectivity index (χ3n) is 3.23. The van der Waals surface area contributed by atoms with Gasteiger partial charge in [-0.25, -0.2) is 0 Å². The van der Waals surface area contributed by atoms with Crippen LogP contribution in [-0.4, -0.2) is 33.3 Å². The first kappa shape index (κ1) is 11.1. The smallest absolute Gasteiger partial charge is 0.218 e. The van der Waals surface area contributed by atoms with Gasteiger partial charge in [0.25, 0.3) is 0 Å². The summed E-state index contributed by atoms with van der Waals surface area (Å²) < 4.78 is 21.4. The van der Waals surface area contributed by atoms with Crippen molar-refractivity contribution in [3.63, 3.8) is 0 Å². The zero-order valence-corrected chi connectivity index (χ0v) is 10.7. The van der Waals surface area contributed by atoms with E-state index in [9.17, 15) is 8.76 Å². The number of fused-ring (bicyclic) bond motifs is 1. The minimum absolute atomic E-state index is 0.000191. The molecule has 0 amide bonds. The van der Waals surface area contributed by atoms with Crippen molar-refractivity contribution >= 4 is 33.2 Å². The first-order chi connectivity index (χ1) is 8.07. The number of hydrogen-bond donors (Lipinski definition) is 2. The minimum atomic E-state index is -2.68. The van der Waals surface area contributed by atoms with E-state index in [2.05, 4.69) is 5.32 Å². The van der Waals surface area contributed by atoms with E-state index in [1.807, 2.05) is 35.2 Å². The second kappa shape index (κ2) is 3.76. The highest BCUT2D eigenvalue weighted by Crippen LogP contribution is 2.31. The van der Waals surface area contributed by atoms with Crippen molar-refractivity contribution in [3.05, 3.63) is 30.3 Å². The Kier molecular flexibility index (Phi) is 2.46. The summed E-state index contributed by atoms with van der Waals surface area (Å²) in [7, 11) is -2.68. The second-order valence-electron chi connectivity index (χ2n) is 4.43. The summed E-state index contributed by atoms with van der Waals surface area (Å²) in [6.45, 7) is 0. The van der Waals surface area contributed by atoms with Gasteiger partial charge in [-0.2, -0.15) is 4.55 Å². The molecule has 2 saturated heterocycles. The third kappa shape index (κ3) is 1.86. The van der Waals surface area contributed by atoms with E-state index >= 15 is 0 Å². The quantitative estimate of drug-likeness (QED) is 0.591. The van der Waals surface area contributed by atoms with E-state index in [1.165, 1.54) is 0 Å². The molecule has 4 nitrogen and oxygen atoms in total. The fourth-order valence-corrected chi connectivity index (χ4v) is 4.82. The molecule has 0 saturated carbocycles. The Labute approximate surface area is 106 Å². The molecule has 0 spiro atoms. The fraction of sp³-hybridized carbons (Fsp3) is 0.364. The van der Waals surface area contributed by atoms with Crippen LogP contribution < -0.4 is 10.2 Å². The van der Waals surface area contributed by atoms with Gasteiger partial charge in [-0.1, -0.05) is 22.4 Å². The summed E-state index contributed by atoms with van der Waals surface area (Å²) in [6, 6.07) is 9.76. The molecular formula is C11H13N2O2S2+. The van der Waals surface area contributed by atoms with Crippen LogP contribution in [-0.2, 0) is 14.4 Å². The molecule has 0 bridgehead atoms. The van der Waals surface area contributed by atoms with E-state index in [0.29, 0.717) is 16.6 Å². The molecule has 90 valence electrons. The summed E-state index contributed by atoms with van der Waals surface area (Å²) >= 11 is 5.29. The lowest BCUT2D eigenvalue weighted by molar-refractivity contribution is 0.502. The van der Waals surface area contributed by atoms with Crippen LogP contribution in [0.25, 0.3) is 0 Å². The molecule has 6 heteroatoms. The van der Waals surface area contributed by atoms with Crippen LogP contribution in [0.15, 0.2) is 30.3 Å². The highest BCUT2D eigenvalue weighted by molar-refractivity contribution is 7.98. The number of rotatable bonds is 1. The maximum Gasteiger partial charge on any atom is 0.218 e. The van der Waals surface area contributed by atoms with Gasteiger partial charge in [-0.05, 0) is 24.4 Å². The molecule has 0 aliphatic carbocycles. The van der Waals surface area contributed by atoms with Gasteiger partial charge in [-0.15, -0.1) is 0 Å². The van der Waals surface area contributed by atoms with Gasteiger partial charge in [0, 0.05) is 5.69 Å². The molecule has 2 fully saturated rings. The molecule has 2 heterocycles. The average Bonchev–Trinajstić information content (AvgIpc) is 2.69. The third-order valence-corrected chi connectivity index (χ3v) is 5.29. The van der Waals surface area contributed by atoms with Gasteiger partial charge in [0.05, 0.1) is 0 Å². The molecule has 2 N–H and O–H groups in total. The number of para-hydroxylation sites is 1. The number of hydrogen-bond acceptors (Lipinski definition) is 2. The molecule has 3 rings (SSSR count). The predicted molar refractivity (Wildman–Crippen MR) is 72.6 cm³/mol. The van der Waals surface area contributed by atoms with Gasteiger partial charge >= 0.3 is 0 Å². The van der Waals surface area contributed by atoms with Crippen molar-refractivity contribution in [2.45, 2.75) is 12.1 Å².